The van der Waals surface area contributed by atoms with Gasteiger partial charge in [0.25, 0.3) is 0 Å². The average molecular weight is 269 g/mol. The van der Waals surface area contributed by atoms with Crippen LogP contribution in [0.15, 0.2) is 18.3 Å². The Morgan fingerprint density at radius 1 is 1.61 bits per heavy atom. The molecule has 1 aromatic heterocycles. The second-order valence-corrected chi connectivity index (χ2v) is 4.91. The molecule has 1 saturated heterocycles. The Hall–Kier alpha value is -1.13. The van der Waals surface area contributed by atoms with Crippen LogP contribution in [0.25, 0.3) is 0 Å². The first-order valence-electron chi connectivity index (χ1n) is 6.13. The number of likely N-dealkylation sites (tertiary alicyclic amines) is 1. The minimum Gasteiger partial charge on any atom is -0.468 e. The number of carbonyl (C=O) groups is 1. The van der Waals surface area contributed by atoms with E-state index in [0.717, 1.165) is 31.5 Å². The Balaban J connectivity index is 2.07. The Bertz CT molecular complexity index is 425. The van der Waals surface area contributed by atoms with Crippen LogP contribution in [-0.2, 0) is 16.1 Å². The van der Waals surface area contributed by atoms with E-state index in [1.165, 1.54) is 7.11 Å². The predicted molar refractivity (Wildman–Crippen MR) is 69.3 cm³/mol. The minimum absolute atomic E-state index is 0.149. The van der Waals surface area contributed by atoms with Crippen LogP contribution in [0, 0.1) is 0 Å². The van der Waals surface area contributed by atoms with Gasteiger partial charge in [-0.05, 0) is 31.5 Å². The molecular weight excluding hydrogens is 252 g/mol. The summed E-state index contributed by atoms with van der Waals surface area (Å²) >= 11 is 5.94. The number of hydrogen-bond acceptors (Lipinski definition) is 4. The van der Waals surface area contributed by atoms with Crippen LogP contribution in [0.3, 0.4) is 0 Å². The number of esters is 1. The number of hydrogen-bond donors (Lipinski definition) is 0. The lowest BCUT2D eigenvalue weighted by Gasteiger charge is -2.33. The van der Waals surface area contributed by atoms with Crippen molar-refractivity contribution in [3.63, 3.8) is 0 Å². The van der Waals surface area contributed by atoms with Crippen molar-refractivity contribution >= 4 is 17.6 Å². The maximum atomic E-state index is 11.7. The largest absolute Gasteiger partial charge is 0.468 e. The van der Waals surface area contributed by atoms with Crippen molar-refractivity contribution in [1.82, 2.24) is 9.88 Å². The van der Waals surface area contributed by atoms with Crippen molar-refractivity contribution in [3.05, 3.63) is 29.0 Å². The molecule has 0 aromatic carbocycles. The van der Waals surface area contributed by atoms with Crippen LogP contribution in [0.1, 0.15) is 25.0 Å². The summed E-state index contributed by atoms with van der Waals surface area (Å²) < 4.78 is 4.85. The van der Waals surface area contributed by atoms with Crippen LogP contribution < -0.4 is 0 Å². The number of piperidine rings is 1. The lowest BCUT2D eigenvalue weighted by atomic mass is 10.0. The van der Waals surface area contributed by atoms with E-state index in [-0.39, 0.29) is 12.0 Å². The van der Waals surface area contributed by atoms with Crippen molar-refractivity contribution in [2.45, 2.75) is 31.8 Å². The van der Waals surface area contributed by atoms with Crippen LogP contribution in [0.2, 0.25) is 5.02 Å². The zero-order valence-corrected chi connectivity index (χ0v) is 11.2. The highest BCUT2D eigenvalue weighted by molar-refractivity contribution is 6.30. The molecule has 0 N–H and O–H groups in total. The molecule has 98 valence electrons. The number of methoxy groups -OCH3 is 1. The third-order valence-corrected chi connectivity index (χ3v) is 3.47. The number of rotatable bonds is 3. The van der Waals surface area contributed by atoms with Crippen LogP contribution >= 0.6 is 11.6 Å². The number of carbonyl (C=O) groups excluding carboxylic acids is 1. The first-order valence-corrected chi connectivity index (χ1v) is 6.51. The van der Waals surface area contributed by atoms with Gasteiger partial charge in [-0.2, -0.15) is 0 Å². The molecule has 4 nitrogen and oxygen atoms in total. The summed E-state index contributed by atoms with van der Waals surface area (Å²) in [5, 5.41) is 0.673. The first-order chi connectivity index (χ1) is 8.70. The summed E-state index contributed by atoms with van der Waals surface area (Å²) in [7, 11) is 1.44. The quantitative estimate of drug-likeness (QED) is 0.789. The molecule has 0 spiro atoms. The second kappa shape index (κ2) is 6.16. The molecule has 0 aliphatic carbocycles. The number of ether oxygens (including phenoxy) is 1. The molecule has 1 aromatic rings. The van der Waals surface area contributed by atoms with Gasteiger partial charge >= 0.3 is 5.97 Å². The highest BCUT2D eigenvalue weighted by atomic mass is 35.5. The summed E-state index contributed by atoms with van der Waals surface area (Å²) in [5.74, 6) is -0.156. The van der Waals surface area contributed by atoms with Gasteiger partial charge in [-0.15, -0.1) is 0 Å². The molecule has 1 fully saturated rings. The molecule has 2 rings (SSSR count). The summed E-state index contributed by atoms with van der Waals surface area (Å²) in [6.07, 6.45) is 4.72. The zero-order valence-electron chi connectivity index (χ0n) is 10.4. The summed E-state index contributed by atoms with van der Waals surface area (Å²) in [5.41, 5.74) is 0.887. The Kier molecular flexibility index (Phi) is 4.55. The van der Waals surface area contributed by atoms with E-state index >= 15 is 0 Å². The molecule has 5 heteroatoms. The van der Waals surface area contributed by atoms with E-state index in [4.69, 9.17) is 16.3 Å². The fourth-order valence-electron chi connectivity index (χ4n) is 2.33. The Labute approximate surface area is 112 Å². The number of aromatic nitrogens is 1. The highest BCUT2D eigenvalue weighted by Crippen LogP contribution is 2.20. The van der Waals surface area contributed by atoms with Gasteiger partial charge in [0, 0.05) is 17.8 Å². The van der Waals surface area contributed by atoms with E-state index in [9.17, 15) is 4.79 Å². The first kappa shape index (κ1) is 13.3. The molecule has 1 aliphatic heterocycles. The standard InChI is InChI=1S/C13H17ClN2O2/c1-18-13(17)12-4-2-3-7-16(12)9-11-8-10(14)5-6-15-11/h5-6,8,12H,2-4,7,9H2,1H3. The van der Waals surface area contributed by atoms with Gasteiger partial charge in [0.05, 0.1) is 12.8 Å². The van der Waals surface area contributed by atoms with Gasteiger partial charge in [0.15, 0.2) is 0 Å². The molecule has 0 saturated carbocycles. The molecular formula is C13H17ClN2O2. The van der Waals surface area contributed by atoms with Gasteiger partial charge in [0.2, 0.25) is 0 Å². The van der Waals surface area contributed by atoms with E-state index in [2.05, 4.69) is 9.88 Å². The molecule has 0 bridgehead atoms. The second-order valence-electron chi connectivity index (χ2n) is 4.47. The molecule has 18 heavy (non-hydrogen) atoms. The van der Waals surface area contributed by atoms with Crippen molar-refractivity contribution in [2.24, 2.45) is 0 Å². The van der Waals surface area contributed by atoms with Crippen LogP contribution in [-0.4, -0.2) is 35.5 Å². The third kappa shape index (κ3) is 3.21. The SMILES string of the molecule is COC(=O)C1CCCCN1Cc1cc(Cl)ccn1. The van der Waals surface area contributed by atoms with Crippen molar-refractivity contribution in [1.29, 1.82) is 0 Å². The number of nitrogens with zero attached hydrogens (tertiary/aromatic N) is 2. The monoisotopic (exact) mass is 268 g/mol. The molecule has 2 heterocycles. The molecule has 1 aliphatic rings. The molecule has 1 atom stereocenters. The summed E-state index contributed by atoms with van der Waals surface area (Å²) in [6.45, 7) is 1.54. The van der Waals surface area contributed by atoms with Gasteiger partial charge in [-0.25, -0.2) is 0 Å². The third-order valence-electron chi connectivity index (χ3n) is 3.23. The maximum absolute atomic E-state index is 11.7. The fourth-order valence-corrected chi connectivity index (χ4v) is 2.51. The topological polar surface area (TPSA) is 42.4 Å². The van der Waals surface area contributed by atoms with Gasteiger partial charge in [0.1, 0.15) is 6.04 Å². The average Bonchev–Trinajstić information content (AvgIpc) is 2.38. The molecule has 0 radical (unpaired) electrons. The number of halogens is 1. The fraction of sp³-hybridized carbons (Fsp3) is 0.538. The van der Waals surface area contributed by atoms with E-state index in [0.29, 0.717) is 11.6 Å². The van der Waals surface area contributed by atoms with Crippen molar-refractivity contribution in [3.8, 4) is 0 Å². The lowest BCUT2D eigenvalue weighted by Crippen LogP contribution is -2.44. The minimum atomic E-state index is -0.156. The Morgan fingerprint density at radius 3 is 3.17 bits per heavy atom. The predicted octanol–water partition coefficient (Wildman–Crippen LogP) is 2.26. The summed E-state index contributed by atoms with van der Waals surface area (Å²) in [6, 6.07) is 3.44. The Morgan fingerprint density at radius 2 is 2.44 bits per heavy atom. The van der Waals surface area contributed by atoms with Crippen LogP contribution in [0.4, 0.5) is 0 Å². The van der Waals surface area contributed by atoms with E-state index < -0.39 is 0 Å². The van der Waals surface area contributed by atoms with Gasteiger partial charge in [-0.3, -0.25) is 14.7 Å². The zero-order chi connectivity index (χ0) is 13.0. The number of pyridine rings is 1. The maximum Gasteiger partial charge on any atom is 0.323 e. The van der Waals surface area contributed by atoms with E-state index in [1.54, 1.807) is 12.3 Å². The van der Waals surface area contributed by atoms with E-state index in [1.807, 2.05) is 6.07 Å². The molecule has 1 unspecified atom stereocenters. The highest BCUT2D eigenvalue weighted by Gasteiger charge is 2.29. The van der Waals surface area contributed by atoms with Crippen LogP contribution in [0.5, 0.6) is 0 Å². The van der Waals surface area contributed by atoms with Gasteiger partial charge < -0.3 is 4.74 Å². The lowest BCUT2D eigenvalue weighted by molar-refractivity contribution is -0.148. The van der Waals surface area contributed by atoms with Gasteiger partial charge in [-0.1, -0.05) is 18.0 Å². The molecule has 0 amide bonds. The normalized spacial score (nSPS) is 20.7. The summed E-state index contributed by atoms with van der Waals surface area (Å²) in [4.78, 5) is 18.1. The van der Waals surface area contributed by atoms with Crippen molar-refractivity contribution < 1.29 is 9.53 Å². The van der Waals surface area contributed by atoms with Crippen molar-refractivity contribution in [2.75, 3.05) is 13.7 Å². The smallest absolute Gasteiger partial charge is 0.323 e.